The van der Waals surface area contributed by atoms with Crippen molar-refractivity contribution in [3.05, 3.63) is 98.0 Å². The molecule has 0 N–H and O–H groups in total. The van der Waals surface area contributed by atoms with Crippen LogP contribution in [0, 0.1) is 9.39 Å². The monoisotopic (exact) mass is 571 g/mol. The zero-order valence-corrected chi connectivity index (χ0v) is 21.1. The normalized spacial score (nSPS) is 14.4. The lowest BCUT2D eigenvalue weighted by molar-refractivity contribution is -0.129. The van der Waals surface area contributed by atoms with Crippen LogP contribution >= 0.6 is 22.6 Å². The van der Waals surface area contributed by atoms with Gasteiger partial charge in [0, 0.05) is 5.56 Å². The molecule has 0 saturated heterocycles. The third-order valence-corrected chi connectivity index (χ3v) is 6.07. The molecule has 1 aliphatic rings. The maximum absolute atomic E-state index is 13.4. The predicted molar refractivity (Wildman–Crippen MR) is 138 cm³/mol. The Kier molecular flexibility index (Phi) is 7.31. The number of cyclic esters (lactones) is 1. The highest BCUT2D eigenvalue weighted by Gasteiger charge is 2.24. The lowest BCUT2D eigenvalue weighted by atomic mass is 10.0. The molecule has 174 valence electrons. The number of hydrogen-bond donors (Lipinski definition) is 0. The number of rotatable bonds is 7. The molecule has 3 aromatic rings. The first-order valence-electron chi connectivity index (χ1n) is 10.7. The van der Waals surface area contributed by atoms with Gasteiger partial charge in [-0.25, -0.2) is 14.2 Å². The molecule has 0 radical (unpaired) electrons. The lowest BCUT2D eigenvalue weighted by Gasteiger charge is -2.14. The van der Waals surface area contributed by atoms with Gasteiger partial charge in [0.2, 0.25) is 5.90 Å². The van der Waals surface area contributed by atoms with Crippen LogP contribution in [0.4, 0.5) is 4.39 Å². The van der Waals surface area contributed by atoms with Gasteiger partial charge in [0.05, 0.1) is 10.7 Å². The summed E-state index contributed by atoms with van der Waals surface area (Å²) in [5.41, 5.74) is 3.57. The van der Waals surface area contributed by atoms with E-state index >= 15 is 0 Å². The van der Waals surface area contributed by atoms with E-state index in [2.05, 4.69) is 41.4 Å². The van der Waals surface area contributed by atoms with Crippen molar-refractivity contribution < 1.29 is 23.4 Å². The minimum Gasteiger partial charge on any atom is -0.493 e. The van der Waals surface area contributed by atoms with Gasteiger partial charge in [0.15, 0.2) is 17.2 Å². The Balaban J connectivity index is 1.57. The smallest absolute Gasteiger partial charge is 0.363 e. The number of hydrogen-bond acceptors (Lipinski definition) is 5. The number of methoxy groups -OCH3 is 1. The van der Waals surface area contributed by atoms with Crippen LogP contribution in [0.2, 0.25) is 0 Å². The van der Waals surface area contributed by atoms with Crippen LogP contribution in [0.1, 0.15) is 42.0 Å². The molecule has 0 aromatic heterocycles. The van der Waals surface area contributed by atoms with E-state index in [9.17, 15) is 9.18 Å². The molecule has 7 heteroatoms. The number of halogens is 2. The average Bonchev–Trinajstić information content (AvgIpc) is 3.18. The Bertz CT molecular complexity index is 1280. The van der Waals surface area contributed by atoms with E-state index in [0.29, 0.717) is 28.5 Å². The number of esters is 1. The summed E-state index contributed by atoms with van der Waals surface area (Å²) in [6, 6.07) is 17.7. The molecule has 0 fully saturated rings. The lowest BCUT2D eigenvalue weighted by Crippen LogP contribution is -2.05. The van der Waals surface area contributed by atoms with Crippen molar-refractivity contribution in [2.75, 3.05) is 7.11 Å². The minimum absolute atomic E-state index is 0.195. The Morgan fingerprint density at radius 3 is 2.56 bits per heavy atom. The average molecular weight is 571 g/mol. The van der Waals surface area contributed by atoms with E-state index in [4.69, 9.17) is 14.2 Å². The van der Waals surface area contributed by atoms with E-state index in [1.807, 2.05) is 30.3 Å². The van der Waals surface area contributed by atoms with Gasteiger partial charge in [-0.05, 0) is 87.7 Å². The van der Waals surface area contributed by atoms with E-state index in [-0.39, 0.29) is 24.0 Å². The minimum atomic E-state index is -0.511. The van der Waals surface area contributed by atoms with Gasteiger partial charge in [-0.15, -0.1) is 0 Å². The van der Waals surface area contributed by atoms with Crippen LogP contribution in [0.25, 0.3) is 6.08 Å². The van der Waals surface area contributed by atoms with Gasteiger partial charge in [0.1, 0.15) is 12.4 Å². The van der Waals surface area contributed by atoms with Crippen molar-refractivity contribution >= 4 is 40.5 Å². The second-order valence-corrected chi connectivity index (χ2v) is 9.23. The Hall–Kier alpha value is -3.20. The molecule has 0 amide bonds. The topological polar surface area (TPSA) is 57.1 Å². The van der Waals surface area contributed by atoms with Crippen molar-refractivity contribution in [3.63, 3.8) is 0 Å². The summed E-state index contributed by atoms with van der Waals surface area (Å²) in [7, 11) is 1.54. The van der Waals surface area contributed by atoms with Gasteiger partial charge >= 0.3 is 5.97 Å². The number of benzene rings is 3. The highest BCUT2D eigenvalue weighted by atomic mass is 127. The van der Waals surface area contributed by atoms with Gasteiger partial charge in [-0.3, -0.25) is 0 Å². The predicted octanol–water partition coefficient (Wildman–Crippen LogP) is 6.49. The fourth-order valence-corrected chi connectivity index (χ4v) is 4.23. The molecule has 0 atom stereocenters. The molecule has 1 heterocycles. The number of nitrogens with zero attached hydrogens (tertiary/aromatic N) is 1. The summed E-state index contributed by atoms with van der Waals surface area (Å²) in [6.07, 6.45) is 1.65. The maximum Gasteiger partial charge on any atom is 0.363 e. The Morgan fingerprint density at radius 2 is 1.88 bits per heavy atom. The second-order valence-electron chi connectivity index (χ2n) is 8.07. The first kappa shape index (κ1) is 23.9. The summed E-state index contributed by atoms with van der Waals surface area (Å²) in [5, 5.41) is 0. The Labute approximate surface area is 211 Å². The largest absolute Gasteiger partial charge is 0.493 e. The number of carbonyl (C=O) groups is 1. The number of ether oxygens (including phenoxy) is 3. The standard InChI is InChI=1S/C27H23FINO4/c1-16(2)19-7-9-20(10-8-19)26-30-23(27(31)34-26)13-18-12-22(29)25(24(14-18)32-3)33-15-17-5-4-6-21(28)11-17/h4-14,16H,15H2,1-3H3/b23-13-. The van der Waals surface area contributed by atoms with Crippen molar-refractivity contribution in [2.45, 2.75) is 26.4 Å². The molecular weight excluding hydrogens is 548 g/mol. The van der Waals surface area contributed by atoms with Gasteiger partial charge in [-0.1, -0.05) is 38.1 Å². The molecule has 4 rings (SSSR count). The zero-order chi connectivity index (χ0) is 24.2. The fraction of sp³-hybridized carbons (Fsp3) is 0.185. The summed E-state index contributed by atoms with van der Waals surface area (Å²) >= 11 is 2.14. The fourth-order valence-electron chi connectivity index (χ4n) is 3.45. The molecule has 0 unspecified atom stereocenters. The summed E-state index contributed by atoms with van der Waals surface area (Å²) in [5.74, 6) is 0.902. The van der Waals surface area contributed by atoms with Crippen LogP contribution in [0.5, 0.6) is 11.5 Å². The van der Waals surface area contributed by atoms with Gasteiger partial charge < -0.3 is 14.2 Å². The summed E-state index contributed by atoms with van der Waals surface area (Å²) < 4.78 is 31.0. The molecule has 1 aliphatic heterocycles. The van der Waals surface area contributed by atoms with E-state index in [0.717, 1.165) is 9.13 Å². The van der Waals surface area contributed by atoms with Gasteiger partial charge in [0.25, 0.3) is 0 Å². The van der Waals surface area contributed by atoms with Crippen LogP contribution in [-0.4, -0.2) is 19.0 Å². The van der Waals surface area contributed by atoms with Crippen LogP contribution in [0.3, 0.4) is 0 Å². The molecule has 34 heavy (non-hydrogen) atoms. The molecule has 5 nitrogen and oxygen atoms in total. The summed E-state index contributed by atoms with van der Waals surface area (Å²) in [4.78, 5) is 16.8. The first-order valence-corrected chi connectivity index (χ1v) is 11.8. The maximum atomic E-state index is 13.4. The van der Waals surface area contributed by atoms with Crippen molar-refractivity contribution in [3.8, 4) is 11.5 Å². The van der Waals surface area contributed by atoms with Crippen LogP contribution in [-0.2, 0) is 16.1 Å². The Morgan fingerprint density at radius 1 is 1.12 bits per heavy atom. The van der Waals surface area contributed by atoms with E-state index in [1.54, 1.807) is 24.3 Å². The molecule has 0 spiro atoms. The molecule has 0 saturated carbocycles. The van der Waals surface area contributed by atoms with Crippen molar-refractivity contribution in [1.29, 1.82) is 0 Å². The third kappa shape index (κ3) is 5.47. The van der Waals surface area contributed by atoms with Crippen LogP contribution in [0.15, 0.2) is 71.4 Å². The highest BCUT2D eigenvalue weighted by molar-refractivity contribution is 14.1. The molecular formula is C27H23FINO4. The summed E-state index contributed by atoms with van der Waals surface area (Å²) in [6.45, 7) is 4.44. The van der Waals surface area contributed by atoms with Crippen molar-refractivity contribution in [2.24, 2.45) is 4.99 Å². The highest BCUT2D eigenvalue weighted by Crippen LogP contribution is 2.35. The molecule has 0 aliphatic carbocycles. The zero-order valence-electron chi connectivity index (χ0n) is 19.0. The second kappa shape index (κ2) is 10.4. The molecule has 0 bridgehead atoms. The van der Waals surface area contributed by atoms with E-state index < -0.39 is 5.97 Å². The number of carbonyl (C=O) groups excluding carboxylic acids is 1. The van der Waals surface area contributed by atoms with Crippen molar-refractivity contribution in [1.82, 2.24) is 0 Å². The van der Waals surface area contributed by atoms with Crippen LogP contribution < -0.4 is 9.47 Å². The number of aliphatic imine (C=N–C) groups is 1. The first-order chi connectivity index (χ1) is 16.3. The molecule has 3 aromatic carbocycles. The SMILES string of the molecule is COc1cc(/C=C2\N=C(c3ccc(C(C)C)cc3)OC2=O)cc(I)c1OCc1cccc(F)c1. The third-order valence-electron chi connectivity index (χ3n) is 5.27. The van der Waals surface area contributed by atoms with Gasteiger partial charge in [-0.2, -0.15) is 0 Å². The van der Waals surface area contributed by atoms with E-state index in [1.165, 1.54) is 24.8 Å². The quantitative estimate of drug-likeness (QED) is 0.185.